The first-order valence-corrected chi connectivity index (χ1v) is 8.47. The summed E-state index contributed by atoms with van der Waals surface area (Å²) in [6.07, 6.45) is 1.27. The number of benzene rings is 2. The molecule has 132 valence electrons. The molecule has 4 rings (SSSR count). The molecule has 0 saturated carbocycles. The minimum atomic E-state index is -0.289. The Kier molecular flexibility index (Phi) is 4.50. The van der Waals surface area contributed by atoms with Crippen molar-refractivity contribution in [3.63, 3.8) is 0 Å². The van der Waals surface area contributed by atoms with Gasteiger partial charge in [0.15, 0.2) is 0 Å². The summed E-state index contributed by atoms with van der Waals surface area (Å²) in [6.45, 7) is 1.35. The smallest absolute Gasteiger partial charge is 0.272 e. The minimum Gasteiger partial charge on any atom is -0.370 e. The van der Waals surface area contributed by atoms with Gasteiger partial charge in [-0.3, -0.25) is 4.79 Å². The van der Waals surface area contributed by atoms with Crippen molar-refractivity contribution in [2.45, 2.75) is 6.10 Å². The van der Waals surface area contributed by atoms with E-state index in [1.54, 1.807) is 17.0 Å². The van der Waals surface area contributed by atoms with Crippen LogP contribution in [0.4, 0.5) is 4.39 Å². The minimum absolute atomic E-state index is 0.114. The largest absolute Gasteiger partial charge is 0.370 e. The van der Waals surface area contributed by atoms with Gasteiger partial charge in [0.05, 0.1) is 19.5 Å². The molecule has 1 aliphatic heterocycles. The second-order valence-corrected chi connectivity index (χ2v) is 6.15. The molecule has 1 saturated heterocycles. The fraction of sp³-hybridized carbons (Fsp3) is 0.200. The van der Waals surface area contributed by atoms with E-state index in [2.05, 4.69) is 9.97 Å². The van der Waals surface area contributed by atoms with Gasteiger partial charge in [-0.05, 0) is 17.7 Å². The molecule has 0 bridgehead atoms. The lowest BCUT2D eigenvalue weighted by molar-refractivity contribution is -0.0230. The summed E-state index contributed by atoms with van der Waals surface area (Å²) in [5.74, 6) is -0.404. The predicted molar refractivity (Wildman–Crippen MR) is 95.0 cm³/mol. The molecule has 1 atom stereocenters. The van der Waals surface area contributed by atoms with Gasteiger partial charge in [0.1, 0.15) is 23.3 Å². The van der Waals surface area contributed by atoms with Crippen LogP contribution >= 0.6 is 0 Å². The molecule has 5 nitrogen and oxygen atoms in total. The highest BCUT2D eigenvalue weighted by Crippen LogP contribution is 2.26. The molecule has 2 aromatic carbocycles. The van der Waals surface area contributed by atoms with Crippen molar-refractivity contribution >= 4 is 5.91 Å². The number of amides is 1. The molecule has 1 aliphatic rings. The van der Waals surface area contributed by atoms with E-state index < -0.39 is 0 Å². The zero-order valence-corrected chi connectivity index (χ0v) is 14.1. The lowest BCUT2D eigenvalue weighted by Gasteiger charge is -2.33. The van der Waals surface area contributed by atoms with Crippen LogP contribution in [0.15, 0.2) is 60.9 Å². The van der Waals surface area contributed by atoms with Crippen molar-refractivity contribution in [3.8, 4) is 11.3 Å². The van der Waals surface area contributed by atoms with E-state index in [-0.39, 0.29) is 17.8 Å². The molecule has 1 amide bonds. The molecule has 0 spiro atoms. The second kappa shape index (κ2) is 7.09. The average molecular weight is 351 g/mol. The molecule has 0 unspecified atom stereocenters. The molecule has 3 aromatic rings. The number of aromatic amines is 1. The summed E-state index contributed by atoms with van der Waals surface area (Å²) < 4.78 is 18.9. The van der Waals surface area contributed by atoms with Crippen molar-refractivity contribution < 1.29 is 13.9 Å². The standard InChI is InChI=1S/C20H18FN3O2/c21-16-8-6-14(7-9-16)17-12-24(10-11-26-17)20(25)19-18(22-13-23-19)15-4-2-1-3-5-15/h1-9,13,17H,10-12H2,(H,22,23)/t17-/m0/s1. The Morgan fingerprint density at radius 1 is 1.15 bits per heavy atom. The normalized spacial score (nSPS) is 17.3. The molecule has 1 aromatic heterocycles. The second-order valence-electron chi connectivity index (χ2n) is 6.15. The number of carbonyl (C=O) groups is 1. The number of carbonyl (C=O) groups excluding carboxylic acids is 1. The summed E-state index contributed by atoms with van der Waals surface area (Å²) in [5.41, 5.74) is 2.86. The van der Waals surface area contributed by atoms with Crippen LogP contribution in [-0.2, 0) is 4.74 Å². The molecule has 0 radical (unpaired) electrons. The molecule has 6 heteroatoms. The number of hydrogen-bond acceptors (Lipinski definition) is 3. The maximum atomic E-state index is 13.1. The number of ether oxygens (including phenoxy) is 1. The Morgan fingerprint density at radius 2 is 1.92 bits per heavy atom. The van der Waals surface area contributed by atoms with Gasteiger partial charge in [0, 0.05) is 12.1 Å². The SMILES string of the molecule is O=C(c1[nH]cnc1-c1ccccc1)N1CCO[C@H](c2ccc(F)cc2)C1. The van der Waals surface area contributed by atoms with Crippen molar-refractivity contribution in [3.05, 3.63) is 78.0 Å². The zero-order chi connectivity index (χ0) is 17.9. The van der Waals surface area contributed by atoms with E-state index in [4.69, 9.17) is 4.74 Å². The Labute approximate surface area is 150 Å². The first-order chi connectivity index (χ1) is 12.7. The van der Waals surface area contributed by atoms with E-state index in [1.165, 1.54) is 18.5 Å². The van der Waals surface area contributed by atoms with Crippen molar-refractivity contribution in [1.82, 2.24) is 14.9 Å². The van der Waals surface area contributed by atoms with Gasteiger partial charge in [-0.25, -0.2) is 9.37 Å². The lowest BCUT2D eigenvalue weighted by Crippen LogP contribution is -2.42. The Morgan fingerprint density at radius 3 is 2.69 bits per heavy atom. The van der Waals surface area contributed by atoms with Gasteiger partial charge in [0.2, 0.25) is 0 Å². The highest BCUT2D eigenvalue weighted by molar-refractivity contribution is 5.98. The van der Waals surface area contributed by atoms with Crippen LogP contribution in [0.25, 0.3) is 11.3 Å². The third-order valence-electron chi connectivity index (χ3n) is 4.50. The number of imidazole rings is 1. The van der Waals surface area contributed by atoms with Gasteiger partial charge in [-0.2, -0.15) is 0 Å². The molecule has 0 aliphatic carbocycles. The highest BCUT2D eigenvalue weighted by Gasteiger charge is 2.28. The fourth-order valence-electron chi connectivity index (χ4n) is 3.14. The molecular weight excluding hydrogens is 333 g/mol. The zero-order valence-electron chi connectivity index (χ0n) is 14.1. The first-order valence-electron chi connectivity index (χ1n) is 8.47. The number of halogens is 1. The summed E-state index contributed by atoms with van der Waals surface area (Å²) in [7, 11) is 0. The van der Waals surface area contributed by atoms with Crippen LogP contribution in [0.2, 0.25) is 0 Å². The number of rotatable bonds is 3. The summed E-state index contributed by atoms with van der Waals surface area (Å²) in [4.78, 5) is 22.1. The maximum Gasteiger partial charge on any atom is 0.272 e. The average Bonchev–Trinajstić information content (AvgIpc) is 3.18. The quantitative estimate of drug-likeness (QED) is 0.786. The molecule has 2 heterocycles. The predicted octanol–water partition coefficient (Wildman–Crippen LogP) is 3.43. The number of morpholine rings is 1. The Hall–Kier alpha value is -2.99. The van der Waals surface area contributed by atoms with Gasteiger partial charge in [-0.15, -0.1) is 0 Å². The molecule has 1 N–H and O–H groups in total. The number of aromatic nitrogens is 2. The summed E-state index contributed by atoms with van der Waals surface area (Å²) in [6, 6.07) is 15.8. The van der Waals surface area contributed by atoms with E-state index >= 15 is 0 Å². The van der Waals surface area contributed by atoms with Crippen LogP contribution in [0.1, 0.15) is 22.2 Å². The third-order valence-corrected chi connectivity index (χ3v) is 4.50. The number of H-pyrrole nitrogens is 1. The van der Waals surface area contributed by atoms with E-state index in [9.17, 15) is 9.18 Å². The van der Waals surface area contributed by atoms with Crippen LogP contribution in [0.5, 0.6) is 0 Å². The maximum absolute atomic E-state index is 13.1. The van der Waals surface area contributed by atoms with Crippen LogP contribution in [0.3, 0.4) is 0 Å². The topological polar surface area (TPSA) is 58.2 Å². The van der Waals surface area contributed by atoms with E-state index in [1.807, 2.05) is 30.3 Å². The van der Waals surface area contributed by atoms with E-state index in [0.29, 0.717) is 31.1 Å². The lowest BCUT2D eigenvalue weighted by atomic mass is 10.1. The summed E-state index contributed by atoms with van der Waals surface area (Å²) >= 11 is 0. The Balaban J connectivity index is 1.55. The Bertz CT molecular complexity index is 893. The van der Waals surface area contributed by atoms with Crippen molar-refractivity contribution in [2.75, 3.05) is 19.7 Å². The first kappa shape index (κ1) is 16.5. The van der Waals surface area contributed by atoms with Gasteiger partial charge in [0.25, 0.3) is 5.91 Å². The van der Waals surface area contributed by atoms with Crippen LogP contribution in [-0.4, -0.2) is 40.5 Å². The van der Waals surface area contributed by atoms with Gasteiger partial charge >= 0.3 is 0 Å². The summed E-state index contributed by atoms with van der Waals surface area (Å²) in [5, 5.41) is 0. The highest BCUT2D eigenvalue weighted by atomic mass is 19.1. The van der Waals surface area contributed by atoms with E-state index in [0.717, 1.165) is 11.1 Å². The van der Waals surface area contributed by atoms with Crippen molar-refractivity contribution in [1.29, 1.82) is 0 Å². The number of hydrogen-bond donors (Lipinski definition) is 1. The molecule has 1 fully saturated rings. The van der Waals surface area contributed by atoms with Crippen LogP contribution < -0.4 is 0 Å². The molecular formula is C20H18FN3O2. The van der Waals surface area contributed by atoms with Gasteiger partial charge < -0.3 is 14.6 Å². The van der Waals surface area contributed by atoms with Gasteiger partial charge in [-0.1, -0.05) is 42.5 Å². The van der Waals surface area contributed by atoms with Crippen molar-refractivity contribution in [2.24, 2.45) is 0 Å². The number of nitrogens with one attached hydrogen (secondary N) is 1. The monoisotopic (exact) mass is 351 g/mol. The number of nitrogens with zero attached hydrogens (tertiary/aromatic N) is 2. The van der Waals surface area contributed by atoms with Crippen LogP contribution in [0, 0.1) is 5.82 Å². The fourth-order valence-corrected chi connectivity index (χ4v) is 3.14. The third kappa shape index (κ3) is 3.23. The molecule has 26 heavy (non-hydrogen) atoms.